The lowest BCUT2D eigenvalue weighted by Gasteiger charge is -2.40. The van der Waals surface area contributed by atoms with Crippen LogP contribution in [0.25, 0.3) is 11.5 Å². The van der Waals surface area contributed by atoms with E-state index in [0.717, 1.165) is 92.7 Å². The molecule has 0 bridgehead atoms. The first kappa shape index (κ1) is 27.9. The predicted octanol–water partition coefficient (Wildman–Crippen LogP) is 3.96. The number of fused-ring (bicyclic) bond motifs is 1. The van der Waals surface area contributed by atoms with Gasteiger partial charge in [0.05, 0.1) is 11.0 Å². The van der Waals surface area contributed by atoms with Crippen LogP contribution in [0.2, 0.25) is 0 Å². The summed E-state index contributed by atoms with van der Waals surface area (Å²) in [7, 11) is 2.17. The molecule has 11 heteroatoms. The van der Waals surface area contributed by atoms with Gasteiger partial charge in [-0.05, 0) is 60.1 Å². The van der Waals surface area contributed by atoms with Crippen LogP contribution in [0.1, 0.15) is 62.4 Å². The van der Waals surface area contributed by atoms with Crippen molar-refractivity contribution in [3.8, 4) is 17.6 Å². The Morgan fingerprint density at radius 2 is 1.93 bits per heavy atom. The summed E-state index contributed by atoms with van der Waals surface area (Å²) < 4.78 is 5.99. The summed E-state index contributed by atoms with van der Waals surface area (Å²) in [6.45, 7) is 15.8. The number of nitrogens with two attached hydrogens (primary N) is 1. The molecule has 218 valence electrons. The fraction of sp³-hybridized carbons (Fsp3) is 0.600. The standard InChI is InChI=1S/C30H41N9OS/c1-19(2)37-10-12-38(13-11-37)21-15-23(33-25(16-21)39-14-9-36(5)18-20(39)3)28-34-29(40-35-28)30(4)8-6-7-24-26(30)22(17-31)27(32)41-24/h15-16,19-20H,6-14,18,32H2,1-5H3. The Bertz CT molecular complexity index is 1450. The smallest absolute Gasteiger partial charge is 0.237 e. The maximum atomic E-state index is 9.90. The van der Waals surface area contributed by atoms with E-state index in [0.29, 0.717) is 34.4 Å². The summed E-state index contributed by atoms with van der Waals surface area (Å²) >= 11 is 1.51. The number of hydrogen-bond acceptors (Lipinski definition) is 11. The second-order valence-corrected chi connectivity index (χ2v) is 13.5. The summed E-state index contributed by atoms with van der Waals surface area (Å²) in [5.74, 6) is 1.97. The molecule has 2 atom stereocenters. The van der Waals surface area contributed by atoms with E-state index in [2.05, 4.69) is 77.7 Å². The molecule has 0 amide bonds. The molecule has 0 saturated carbocycles. The third-order valence-electron chi connectivity index (χ3n) is 9.21. The lowest BCUT2D eigenvalue weighted by Crippen LogP contribution is -2.51. The average Bonchev–Trinajstić information content (AvgIpc) is 3.58. The van der Waals surface area contributed by atoms with Crippen LogP contribution in [-0.4, -0.2) is 89.9 Å². The van der Waals surface area contributed by atoms with Crippen molar-refractivity contribution in [2.24, 2.45) is 0 Å². The first-order valence-corrected chi connectivity index (χ1v) is 15.6. The molecule has 0 spiro atoms. The average molecular weight is 576 g/mol. The summed E-state index contributed by atoms with van der Waals surface area (Å²) in [5, 5.41) is 14.9. The second kappa shape index (κ2) is 10.9. The molecule has 5 heterocycles. The maximum Gasteiger partial charge on any atom is 0.237 e. The van der Waals surface area contributed by atoms with Gasteiger partial charge in [-0.3, -0.25) is 4.90 Å². The summed E-state index contributed by atoms with van der Waals surface area (Å²) in [5.41, 5.74) is 9.07. The molecule has 2 fully saturated rings. The molecular weight excluding hydrogens is 534 g/mol. The Morgan fingerprint density at radius 3 is 2.63 bits per heavy atom. The van der Waals surface area contributed by atoms with Crippen LogP contribution in [0.4, 0.5) is 16.5 Å². The molecule has 0 aromatic carbocycles. The Kier molecular flexibility index (Phi) is 7.42. The molecule has 0 radical (unpaired) electrons. The van der Waals surface area contributed by atoms with Crippen molar-refractivity contribution in [2.45, 2.75) is 64.5 Å². The zero-order valence-electron chi connectivity index (χ0n) is 24.9. The van der Waals surface area contributed by atoms with E-state index in [1.807, 2.05) is 0 Å². The molecule has 2 N–H and O–H groups in total. The maximum absolute atomic E-state index is 9.90. The minimum absolute atomic E-state index is 0.344. The zero-order valence-corrected chi connectivity index (χ0v) is 25.7. The third kappa shape index (κ3) is 5.07. The van der Waals surface area contributed by atoms with Crippen molar-refractivity contribution in [1.29, 1.82) is 5.26 Å². The predicted molar refractivity (Wildman–Crippen MR) is 164 cm³/mol. The van der Waals surface area contributed by atoms with Gasteiger partial charge in [0.1, 0.15) is 22.6 Å². The van der Waals surface area contributed by atoms with Crippen LogP contribution in [0.5, 0.6) is 0 Å². The van der Waals surface area contributed by atoms with Crippen LogP contribution in [0.15, 0.2) is 16.7 Å². The molecule has 41 heavy (non-hydrogen) atoms. The first-order chi connectivity index (χ1) is 19.7. The summed E-state index contributed by atoms with van der Waals surface area (Å²) in [6.07, 6.45) is 2.72. The Balaban J connectivity index is 1.38. The highest BCUT2D eigenvalue weighted by Crippen LogP contribution is 2.48. The SMILES string of the molecule is CC(C)N1CCN(c2cc(-c3noc(C4(C)CCCc5sc(N)c(C#N)c54)n3)nc(N3CCN(C)CC3C)c2)CC1. The Labute approximate surface area is 246 Å². The number of likely N-dealkylation sites (N-methyl/N-ethyl adjacent to an activating group) is 1. The van der Waals surface area contributed by atoms with Crippen molar-refractivity contribution < 1.29 is 4.52 Å². The van der Waals surface area contributed by atoms with Crippen LogP contribution < -0.4 is 15.5 Å². The minimum atomic E-state index is -0.558. The molecule has 2 aliphatic heterocycles. The number of aryl methyl sites for hydroxylation is 1. The Morgan fingerprint density at radius 1 is 1.15 bits per heavy atom. The third-order valence-corrected chi connectivity index (χ3v) is 10.3. The number of thiophene rings is 1. The number of anilines is 3. The van der Waals surface area contributed by atoms with Gasteiger partial charge >= 0.3 is 0 Å². The number of nitriles is 1. The second-order valence-electron chi connectivity index (χ2n) is 12.4. The van der Waals surface area contributed by atoms with E-state index in [9.17, 15) is 5.26 Å². The monoisotopic (exact) mass is 575 g/mol. The van der Waals surface area contributed by atoms with Gasteiger partial charge in [0.25, 0.3) is 0 Å². The molecule has 1 aliphatic carbocycles. The van der Waals surface area contributed by atoms with Crippen molar-refractivity contribution >= 4 is 27.8 Å². The Hall–Kier alpha value is -3.20. The van der Waals surface area contributed by atoms with Gasteiger partial charge in [-0.25, -0.2) is 4.98 Å². The number of hydrogen-bond donors (Lipinski definition) is 1. The number of nitrogen functional groups attached to an aromatic ring is 1. The molecular formula is C30H41N9OS. The first-order valence-electron chi connectivity index (χ1n) is 14.8. The molecule has 2 unspecified atom stereocenters. The molecule has 3 aromatic heterocycles. The van der Waals surface area contributed by atoms with E-state index < -0.39 is 5.41 Å². The molecule has 3 aliphatic rings. The van der Waals surface area contributed by atoms with Gasteiger partial charge in [-0.15, -0.1) is 11.3 Å². The fourth-order valence-corrected chi connectivity index (χ4v) is 7.97. The van der Waals surface area contributed by atoms with Gasteiger partial charge in [0.15, 0.2) is 0 Å². The van der Waals surface area contributed by atoms with Gasteiger partial charge in [0, 0.05) is 80.1 Å². The number of piperazine rings is 2. The number of nitrogens with zero attached hydrogens (tertiary/aromatic N) is 8. The van der Waals surface area contributed by atoms with Crippen LogP contribution in [0.3, 0.4) is 0 Å². The number of aromatic nitrogens is 3. The number of pyridine rings is 1. The fourth-order valence-electron chi connectivity index (χ4n) is 6.78. The van der Waals surface area contributed by atoms with Crippen LogP contribution >= 0.6 is 11.3 Å². The van der Waals surface area contributed by atoms with Crippen molar-refractivity contribution in [2.75, 3.05) is 68.4 Å². The lowest BCUT2D eigenvalue weighted by atomic mass is 9.72. The molecule has 3 aromatic rings. The lowest BCUT2D eigenvalue weighted by molar-refractivity contribution is 0.209. The van der Waals surface area contributed by atoms with Crippen LogP contribution in [0, 0.1) is 11.3 Å². The van der Waals surface area contributed by atoms with E-state index in [1.165, 1.54) is 11.3 Å². The minimum Gasteiger partial charge on any atom is -0.389 e. The van der Waals surface area contributed by atoms with Gasteiger partial charge in [0.2, 0.25) is 11.7 Å². The molecule has 2 saturated heterocycles. The number of rotatable bonds is 5. The van der Waals surface area contributed by atoms with Crippen molar-refractivity contribution in [1.82, 2.24) is 24.9 Å². The van der Waals surface area contributed by atoms with Crippen LogP contribution in [-0.2, 0) is 11.8 Å². The van der Waals surface area contributed by atoms with Gasteiger partial charge in [-0.2, -0.15) is 10.2 Å². The van der Waals surface area contributed by atoms with Gasteiger partial charge in [-0.1, -0.05) is 5.16 Å². The molecule has 10 nitrogen and oxygen atoms in total. The molecule has 6 rings (SSSR count). The largest absolute Gasteiger partial charge is 0.389 e. The van der Waals surface area contributed by atoms with E-state index >= 15 is 0 Å². The van der Waals surface area contributed by atoms with E-state index in [4.69, 9.17) is 20.2 Å². The highest BCUT2D eigenvalue weighted by atomic mass is 32.1. The normalized spacial score (nSPS) is 24.1. The topological polar surface area (TPSA) is 115 Å². The van der Waals surface area contributed by atoms with E-state index in [-0.39, 0.29) is 0 Å². The summed E-state index contributed by atoms with van der Waals surface area (Å²) in [6, 6.07) is 7.58. The van der Waals surface area contributed by atoms with Crippen molar-refractivity contribution in [3.05, 3.63) is 34.0 Å². The summed E-state index contributed by atoms with van der Waals surface area (Å²) in [4.78, 5) is 21.0. The zero-order chi connectivity index (χ0) is 28.9. The highest BCUT2D eigenvalue weighted by Gasteiger charge is 2.43. The van der Waals surface area contributed by atoms with E-state index in [1.54, 1.807) is 0 Å². The van der Waals surface area contributed by atoms with Gasteiger partial charge < -0.3 is 25.0 Å². The van der Waals surface area contributed by atoms with Crippen molar-refractivity contribution in [3.63, 3.8) is 0 Å². The highest BCUT2D eigenvalue weighted by molar-refractivity contribution is 7.16. The quantitative estimate of drug-likeness (QED) is 0.479.